The maximum atomic E-state index is 12.0. The SMILES string of the molecule is CCNC(=NCc1cccs1)NCCS(=O)C(C)(C)C. The Bertz CT molecular complexity index is 436. The van der Waals surface area contributed by atoms with E-state index in [1.54, 1.807) is 11.3 Å². The summed E-state index contributed by atoms with van der Waals surface area (Å²) < 4.78 is 11.8. The van der Waals surface area contributed by atoms with Crippen molar-refractivity contribution in [1.29, 1.82) is 0 Å². The van der Waals surface area contributed by atoms with Gasteiger partial charge in [-0.3, -0.25) is 4.21 Å². The lowest BCUT2D eigenvalue weighted by molar-refractivity contribution is 0.647. The number of aliphatic imine (C=N–C) groups is 1. The van der Waals surface area contributed by atoms with Crippen LogP contribution in [0, 0.1) is 0 Å². The van der Waals surface area contributed by atoms with Crippen molar-refractivity contribution in [3.63, 3.8) is 0 Å². The van der Waals surface area contributed by atoms with Crippen LogP contribution >= 0.6 is 11.3 Å². The van der Waals surface area contributed by atoms with E-state index < -0.39 is 10.8 Å². The third kappa shape index (κ3) is 6.52. The summed E-state index contributed by atoms with van der Waals surface area (Å²) >= 11 is 1.70. The molecule has 2 N–H and O–H groups in total. The predicted octanol–water partition coefficient (Wildman–Crippen LogP) is 2.35. The molecule has 0 saturated heterocycles. The van der Waals surface area contributed by atoms with Crippen molar-refractivity contribution in [1.82, 2.24) is 10.6 Å². The van der Waals surface area contributed by atoms with Gasteiger partial charge in [0.15, 0.2) is 5.96 Å². The van der Waals surface area contributed by atoms with Crippen LogP contribution in [-0.2, 0) is 17.3 Å². The van der Waals surface area contributed by atoms with E-state index in [4.69, 9.17) is 0 Å². The van der Waals surface area contributed by atoms with E-state index in [2.05, 4.69) is 27.1 Å². The van der Waals surface area contributed by atoms with Gasteiger partial charge in [0, 0.05) is 39.3 Å². The molecule has 0 aromatic carbocycles. The fourth-order valence-electron chi connectivity index (χ4n) is 1.47. The molecule has 114 valence electrons. The number of nitrogens with one attached hydrogen (secondary N) is 2. The van der Waals surface area contributed by atoms with Crippen molar-refractivity contribution in [3.8, 4) is 0 Å². The fourth-order valence-corrected chi connectivity index (χ4v) is 3.00. The molecule has 1 aromatic rings. The molecule has 1 heterocycles. The molecule has 1 aromatic heterocycles. The number of rotatable bonds is 6. The molecule has 0 saturated carbocycles. The van der Waals surface area contributed by atoms with Crippen LogP contribution in [0.5, 0.6) is 0 Å². The van der Waals surface area contributed by atoms with Gasteiger partial charge in [0.25, 0.3) is 0 Å². The summed E-state index contributed by atoms with van der Waals surface area (Å²) in [6.45, 7) is 10.2. The van der Waals surface area contributed by atoms with Crippen molar-refractivity contribution in [2.45, 2.75) is 39.0 Å². The summed E-state index contributed by atoms with van der Waals surface area (Å²) in [6, 6.07) is 4.11. The van der Waals surface area contributed by atoms with E-state index in [9.17, 15) is 4.21 Å². The Morgan fingerprint density at radius 1 is 1.40 bits per heavy atom. The third-order valence-electron chi connectivity index (χ3n) is 2.58. The summed E-state index contributed by atoms with van der Waals surface area (Å²) in [5.74, 6) is 1.42. The van der Waals surface area contributed by atoms with E-state index in [1.807, 2.05) is 33.8 Å². The number of hydrogen-bond acceptors (Lipinski definition) is 3. The zero-order valence-corrected chi connectivity index (χ0v) is 14.4. The quantitative estimate of drug-likeness (QED) is 0.626. The van der Waals surface area contributed by atoms with Crippen LogP contribution in [0.3, 0.4) is 0 Å². The highest BCUT2D eigenvalue weighted by Crippen LogP contribution is 2.10. The molecule has 1 unspecified atom stereocenters. The first-order chi connectivity index (χ1) is 9.43. The monoisotopic (exact) mass is 315 g/mol. The van der Waals surface area contributed by atoms with Gasteiger partial charge in [0.1, 0.15) is 0 Å². The summed E-state index contributed by atoms with van der Waals surface area (Å²) in [7, 11) is -0.834. The van der Waals surface area contributed by atoms with Gasteiger partial charge in [-0.15, -0.1) is 11.3 Å². The Hall–Kier alpha value is -0.880. The maximum Gasteiger partial charge on any atom is 0.191 e. The van der Waals surface area contributed by atoms with Crippen LogP contribution < -0.4 is 10.6 Å². The average molecular weight is 316 g/mol. The molecule has 1 rings (SSSR count). The molecule has 0 aliphatic rings. The zero-order chi connectivity index (χ0) is 15.0. The van der Waals surface area contributed by atoms with Gasteiger partial charge in [-0.05, 0) is 39.1 Å². The Kier molecular flexibility index (Phi) is 7.23. The molecule has 6 heteroatoms. The molecule has 0 bridgehead atoms. The summed E-state index contributed by atoms with van der Waals surface area (Å²) in [5.41, 5.74) is 0. The normalized spacial score (nSPS) is 14.1. The largest absolute Gasteiger partial charge is 0.357 e. The Balaban J connectivity index is 2.43. The molecule has 20 heavy (non-hydrogen) atoms. The molecule has 0 amide bonds. The molecular formula is C14H25N3OS2. The van der Waals surface area contributed by atoms with Crippen LogP contribution in [0.2, 0.25) is 0 Å². The average Bonchev–Trinajstić information content (AvgIpc) is 2.87. The van der Waals surface area contributed by atoms with Gasteiger partial charge < -0.3 is 10.6 Å². The van der Waals surface area contributed by atoms with E-state index in [0.717, 1.165) is 12.5 Å². The van der Waals surface area contributed by atoms with Crippen LogP contribution in [-0.4, -0.2) is 33.8 Å². The molecule has 0 aliphatic carbocycles. The first-order valence-electron chi connectivity index (χ1n) is 6.86. The van der Waals surface area contributed by atoms with Crippen LogP contribution in [0.1, 0.15) is 32.6 Å². The topological polar surface area (TPSA) is 53.5 Å². The molecule has 0 aliphatic heterocycles. The fraction of sp³-hybridized carbons (Fsp3) is 0.643. The minimum absolute atomic E-state index is 0.159. The highest BCUT2D eigenvalue weighted by atomic mass is 32.2. The minimum Gasteiger partial charge on any atom is -0.357 e. The van der Waals surface area contributed by atoms with Gasteiger partial charge in [-0.1, -0.05) is 6.07 Å². The molecule has 0 spiro atoms. The zero-order valence-electron chi connectivity index (χ0n) is 12.7. The van der Waals surface area contributed by atoms with E-state index >= 15 is 0 Å². The number of hydrogen-bond donors (Lipinski definition) is 2. The van der Waals surface area contributed by atoms with Gasteiger partial charge in [0.05, 0.1) is 6.54 Å². The van der Waals surface area contributed by atoms with Gasteiger partial charge in [-0.25, -0.2) is 4.99 Å². The molecule has 0 radical (unpaired) electrons. The van der Waals surface area contributed by atoms with Gasteiger partial charge in [-0.2, -0.15) is 0 Å². The van der Waals surface area contributed by atoms with Crippen molar-refractivity contribution < 1.29 is 4.21 Å². The number of guanidine groups is 1. The van der Waals surface area contributed by atoms with Crippen LogP contribution in [0.15, 0.2) is 22.5 Å². The van der Waals surface area contributed by atoms with Gasteiger partial charge >= 0.3 is 0 Å². The standard InChI is InChI=1S/C14H25N3OS2/c1-5-15-13(17-11-12-7-6-9-19-12)16-8-10-20(18)14(2,3)4/h6-7,9H,5,8,10-11H2,1-4H3,(H2,15,16,17). The number of thiophene rings is 1. The summed E-state index contributed by atoms with van der Waals surface area (Å²) in [4.78, 5) is 5.76. The second-order valence-electron chi connectivity index (χ2n) is 5.36. The first-order valence-corrected chi connectivity index (χ1v) is 9.06. The van der Waals surface area contributed by atoms with Crippen molar-refractivity contribution in [3.05, 3.63) is 22.4 Å². The van der Waals surface area contributed by atoms with Gasteiger partial charge in [0.2, 0.25) is 0 Å². The summed E-state index contributed by atoms with van der Waals surface area (Å²) in [5, 5.41) is 8.49. The molecule has 0 fully saturated rings. The minimum atomic E-state index is -0.834. The predicted molar refractivity (Wildman–Crippen MR) is 89.9 cm³/mol. The van der Waals surface area contributed by atoms with Crippen molar-refractivity contribution in [2.24, 2.45) is 4.99 Å². The Morgan fingerprint density at radius 3 is 2.70 bits per heavy atom. The lowest BCUT2D eigenvalue weighted by atomic mass is 10.3. The lowest BCUT2D eigenvalue weighted by Crippen LogP contribution is -2.40. The van der Waals surface area contributed by atoms with Crippen LogP contribution in [0.25, 0.3) is 0 Å². The lowest BCUT2D eigenvalue weighted by Gasteiger charge is -2.18. The van der Waals surface area contributed by atoms with E-state index in [0.29, 0.717) is 18.8 Å². The first kappa shape index (κ1) is 17.2. The van der Waals surface area contributed by atoms with E-state index in [-0.39, 0.29) is 4.75 Å². The highest BCUT2D eigenvalue weighted by molar-refractivity contribution is 7.86. The molecule has 4 nitrogen and oxygen atoms in total. The highest BCUT2D eigenvalue weighted by Gasteiger charge is 2.18. The second kappa shape index (κ2) is 8.42. The Labute approximate surface area is 128 Å². The number of nitrogens with zero attached hydrogens (tertiary/aromatic N) is 1. The summed E-state index contributed by atoms with van der Waals surface area (Å²) in [6.07, 6.45) is 0. The van der Waals surface area contributed by atoms with Crippen LogP contribution in [0.4, 0.5) is 0 Å². The molecule has 1 atom stereocenters. The third-order valence-corrected chi connectivity index (χ3v) is 5.38. The van der Waals surface area contributed by atoms with Crippen molar-refractivity contribution in [2.75, 3.05) is 18.8 Å². The van der Waals surface area contributed by atoms with E-state index in [1.165, 1.54) is 4.88 Å². The second-order valence-corrected chi connectivity index (χ2v) is 8.72. The molecular weight excluding hydrogens is 290 g/mol. The maximum absolute atomic E-state index is 12.0. The Morgan fingerprint density at radius 2 is 2.15 bits per heavy atom. The smallest absolute Gasteiger partial charge is 0.191 e. The van der Waals surface area contributed by atoms with Crippen molar-refractivity contribution >= 4 is 28.1 Å².